The van der Waals surface area contributed by atoms with Gasteiger partial charge in [0.05, 0.1) is 39.6 Å². The first kappa shape index (κ1) is 7.34. The molecule has 1 aliphatic heterocycles. The van der Waals surface area contributed by atoms with Crippen LogP contribution < -0.4 is 0 Å². The van der Waals surface area contributed by atoms with Crippen LogP contribution in [0.1, 0.15) is 0 Å². The van der Waals surface area contributed by atoms with Gasteiger partial charge in [0.1, 0.15) is 0 Å². The van der Waals surface area contributed by atoms with Crippen molar-refractivity contribution in [2.24, 2.45) is 0 Å². The zero-order chi connectivity index (χ0) is 8.55. The highest BCUT2D eigenvalue weighted by Crippen LogP contribution is 1.99. The molecule has 12 heavy (non-hydrogen) atoms. The van der Waals surface area contributed by atoms with Crippen LogP contribution in [0.25, 0.3) is 0 Å². The Morgan fingerprint density at radius 2 is 2.42 bits per heavy atom. The fourth-order valence-corrected chi connectivity index (χ4v) is 1.56. The summed E-state index contributed by atoms with van der Waals surface area (Å²) in [5.41, 5.74) is 0. The molecule has 0 radical (unpaired) electrons. The van der Waals surface area contributed by atoms with Gasteiger partial charge in [-0.25, -0.2) is 4.98 Å². The van der Waals surface area contributed by atoms with Crippen molar-refractivity contribution >= 4 is 5.96 Å². The molecule has 64 valence electrons. The number of rotatable bonds is 0. The van der Waals surface area contributed by atoms with E-state index in [2.05, 4.69) is 28.6 Å². The maximum Gasteiger partial charge on any atom is 0.360 e. The van der Waals surface area contributed by atoms with Gasteiger partial charge in [-0.15, -0.1) is 0 Å². The molecule has 0 N–H and O–H groups in total. The van der Waals surface area contributed by atoms with Crippen molar-refractivity contribution in [3.05, 3.63) is 18.7 Å². The second-order valence-corrected chi connectivity index (χ2v) is 3.11. The fraction of sp³-hybridized carbons (Fsp3) is 0.500. The second kappa shape index (κ2) is 2.62. The van der Waals surface area contributed by atoms with E-state index in [-0.39, 0.29) is 0 Å². The lowest BCUT2D eigenvalue weighted by atomic mass is 10.6. The van der Waals surface area contributed by atoms with Gasteiger partial charge in [0, 0.05) is 0 Å². The van der Waals surface area contributed by atoms with Crippen molar-refractivity contribution < 1.29 is 4.58 Å². The van der Waals surface area contributed by atoms with E-state index in [1.807, 2.05) is 17.1 Å². The molecule has 0 aliphatic carbocycles. The predicted octanol–water partition coefficient (Wildman–Crippen LogP) is -0.325. The van der Waals surface area contributed by atoms with Crippen LogP contribution in [0.2, 0.25) is 0 Å². The molecule has 1 aromatic rings. The Bertz CT molecular complexity index is 299. The van der Waals surface area contributed by atoms with Crippen LogP contribution in [0.3, 0.4) is 0 Å². The van der Waals surface area contributed by atoms with Gasteiger partial charge in [-0.05, 0) is 0 Å². The van der Waals surface area contributed by atoms with Crippen LogP contribution in [0.4, 0.5) is 0 Å². The minimum absolute atomic E-state index is 1.09. The Hall–Kier alpha value is -1.32. The summed E-state index contributed by atoms with van der Waals surface area (Å²) < 4.78 is 4.26. The summed E-state index contributed by atoms with van der Waals surface area (Å²) in [7, 11) is 4.19. The van der Waals surface area contributed by atoms with Crippen LogP contribution in [0, 0.1) is 0 Å². The van der Waals surface area contributed by atoms with Crippen molar-refractivity contribution in [2.45, 2.75) is 0 Å². The van der Waals surface area contributed by atoms with Crippen LogP contribution in [0.15, 0.2) is 18.7 Å². The van der Waals surface area contributed by atoms with E-state index < -0.39 is 0 Å². The number of nitrogens with zero attached hydrogens (tertiary/aromatic N) is 4. The molecule has 0 aromatic carbocycles. The SMILES string of the molecule is CN1CC[N+](C)=C1n1ccnc1. The normalized spacial score (nSPS) is 17.7. The molecule has 0 fully saturated rings. The minimum atomic E-state index is 1.09. The van der Waals surface area contributed by atoms with Gasteiger partial charge in [-0.1, -0.05) is 0 Å². The van der Waals surface area contributed by atoms with Gasteiger partial charge < -0.3 is 0 Å². The molecule has 0 bridgehead atoms. The average molecular weight is 165 g/mol. The second-order valence-electron chi connectivity index (χ2n) is 3.11. The lowest BCUT2D eigenvalue weighted by Gasteiger charge is -2.05. The third-order valence-corrected chi connectivity index (χ3v) is 2.19. The Morgan fingerprint density at radius 3 is 2.92 bits per heavy atom. The topological polar surface area (TPSA) is 24.1 Å². The molecule has 2 heterocycles. The van der Waals surface area contributed by atoms with Gasteiger partial charge in [0.15, 0.2) is 6.33 Å². The third kappa shape index (κ3) is 0.995. The molecule has 0 spiro atoms. The smallest absolute Gasteiger partial charge is 0.264 e. The van der Waals surface area contributed by atoms with Gasteiger partial charge in [0.2, 0.25) is 0 Å². The molecule has 0 saturated heterocycles. The highest BCUT2D eigenvalue weighted by molar-refractivity contribution is 5.78. The highest BCUT2D eigenvalue weighted by atomic mass is 15.4. The molecule has 0 amide bonds. The van der Waals surface area contributed by atoms with E-state index in [0.29, 0.717) is 0 Å². The Labute approximate surface area is 71.8 Å². The van der Waals surface area contributed by atoms with E-state index in [0.717, 1.165) is 13.1 Å². The van der Waals surface area contributed by atoms with Crippen LogP contribution >= 0.6 is 0 Å². The summed E-state index contributed by atoms with van der Waals surface area (Å²) in [6.45, 7) is 2.17. The van der Waals surface area contributed by atoms with E-state index in [1.54, 1.807) is 6.20 Å². The van der Waals surface area contributed by atoms with Crippen molar-refractivity contribution in [1.29, 1.82) is 0 Å². The van der Waals surface area contributed by atoms with Crippen molar-refractivity contribution in [2.75, 3.05) is 27.2 Å². The van der Waals surface area contributed by atoms with Gasteiger partial charge in [0.25, 0.3) is 0 Å². The average Bonchev–Trinajstić information content (AvgIpc) is 2.61. The lowest BCUT2D eigenvalue weighted by Crippen LogP contribution is -2.30. The van der Waals surface area contributed by atoms with Crippen LogP contribution in [0.5, 0.6) is 0 Å². The van der Waals surface area contributed by atoms with Gasteiger partial charge in [-0.3, -0.25) is 9.48 Å². The zero-order valence-electron chi connectivity index (χ0n) is 7.44. The summed E-state index contributed by atoms with van der Waals surface area (Å²) >= 11 is 0. The first-order chi connectivity index (χ1) is 5.79. The largest absolute Gasteiger partial charge is 0.360 e. The molecular weight excluding hydrogens is 152 g/mol. The van der Waals surface area contributed by atoms with E-state index in [1.165, 1.54) is 5.96 Å². The Balaban J connectivity index is 2.40. The summed E-state index contributed by atoms with van der Waals surface area (Å²) in [6.07, 6.45) is 5.59. The van der Waals surface area contributed by atoms with Crippen LogP contribution in [-0.2, 0) is 0 Å². The first-order valence-electron chi connectivity index (χ1n) is 4.06. The Kier molecular flexibility index (Phi) is 1.60. The number of aromatic nitrogens is 2. The molecule has 4 heteroatoms. The Morgan fingerprint density at radius 1 is 1.58 bits per heavy atom. The third-order valence-electron chi connectivity index (χ3n) is 2.19. The predicted molar refractivity (Wildman–Crippen MR) is 46.3 cm³/mol. The van der Waals surface area contributed by atoms with Crippen molar-refractivity contribution in [3.8, 4) is 0 Å². The molecule has 0 unspecified atom stereocenters. The standard InChI is InChI=1S/C8H13N4/c1-10-5-6-11(2)8(10)12-4-3-9-7-12/h3-4,7H,5-6H2,1-2H3/q+1. The van der Waals surface area contributed by atoms with Gasteiger partial charge >= 0.3 is 5.96 Å². The molecule has 2 rings (SSSR count). The zero-order valence-corrected chi connectivity index (χ0v) is 7.44. The monoisotopic (exact) mass is 165 g/mol. The van der Waals surface area contributed by atoms with E-state index >= 15 is 0 Å². The molecular formula is C8H13N4+. The van der Waals surface area contributed by atoms with Crippen molar-refractivity contribution in [1.82, 2.24) is 14.5 Å². The van der Waals surface area contributed by atoms with Crippen molar-refractivity contribution in [3.63, 3.8) is 0 Å². The molecule has 0 atom stereocenters. The number of imidazole rings is 1. The lowest BCUT2D eigenvalue weighted by molar-refractivity contribution is -0.488. The molecule has 1 aliphatic rings. The van der Waals surface area contributed by atoms with Crippen LogP contribution in [-0.4, -0.2) is 52.2 Å². The quantitative estimate of drug-likeness (QED) is 0.492. The molecule has 4 nitrogen and oxygen atoms in total. The first-order valence-corrected chi connectivity index (χ1v) is 4.06. The maximum atomic E-state index is 4.02. The number of hydrogen-bond acceptors (Lipinski definition) is 2. The van der Waals surface area contributed by atoms with E-state index in [4.69, 9.17) is 0 Å². The summed E-state index contributed by atoms with van der Waals surface area (Å²) in [5, 5.41) is 0. The summed E-state index contributed by atoms with van der Waals surface area (Å²) in [6, 6.07) is 0. The molecule has 1 aromatic heterocycles. The highest BCUT2D eigenvalue weighted by Gasteiger charge is 2.25. The van der Waals surface area contributed by atoms with Gasteiger partial charge in [-0.2, -0.15) is 4.57 Å². The van der Waals surface area contributed by atoms with E-state index in [9.17, 15) is 0 Å². The fourth-order valence-electron chi connectivity index (χ4n) is 1.56. The summed E-state index contributed by atoms with van der Waals surface area (Å²) in [5.74, 6) is 1.20. The maximum absolute atomic E-state index is 4.02. The molecule has 0 saturated carbocycles. The minimum Gasteiger partial charge on any atom is -0.264 e. The number of likely N-dealkylation sites (N-methyl/N-ethyl adjacent to an activating group) is 2. The number of hydrogen-bond donors (Lipinski definition) is 0. The summed E-state index contributed by atoms with van der Waals surface area (Å²) in [4.78, 5) is 6.25.